The number of halogens is 1. The van der Waals surface area contributed by atoms with Crippen LogP contribution in [0.15, 0.2) is 10.7 Å². The van der Waals surface area contributed by atoms with Crippen molar-refractivity contribution in [2.75, 3.05) is 5.32 Å². The predicted molar refractivity (Wildman–Crippen MR) is 76.8 cm³/mol. The average molecular weight is 310 g/mol. The van der Waals surface area contributed by atoms with Crippen molar-refractivity contribution >= 4 is 21.7 Å². The van der Waals surface area contributed by atoms with Crippen LogP contribution in [-0.4, -0.2) is 15.5 Å². The maximum atomic E-state index is 4.68. The van der Waals surface area contributed by atoms with Crippen LogP contribution >= 0.6 is 15.9 Å². The van der Waals surface area contributed by atoms with Gasteiger partial charge in [0.15, 0.2) is 0 Å². The SMILES string of the molecule is CC1(Nc2cc(Br)nc(C3CC3)n2)CCCCC1. The minimum atomic E-state index is 0.215. The predicted octanol–water partition coefficient (Wildman–Crippen LogP) is 4.25. The van der Waals surface area contributed by atoms with Gasteiger partial charge in [0, 0.05) is 17.5 Å². The van der Waals surface area contributed by atoms with Crippen LogP contribution in [0.2, 0.25) is 0 Å². The van der Waals surface area contributed by atoms with Crippen LogP contribution in [-0.2, 0) is 0 Å². The van der Waals surface area contributed by atoms with Crippen molar-refractivity contribution in [2.45, 2.75) is 63.3 Å². The molecule has 98 valence electrons. The van der Waals surface area contributed by atoms with Gasteiger partial charge in [-0.05, 0) is 48.5 Å². The van der Waals surface area contributed by atoms with E-state index in [1.807, 2.05) is 6.07 Å². The van der Waals surface area contributed by atoms with Gasteiger partial charge < -0.3 is 5.32 Å². The smallest absolute Gasteiger partial charge is 0.135 e. The van der Waals surface area contributed by atoms with Crippen molar-refractivity contribution in [3.8, 4) is 0 Å². The fourth-order valence-corrected chi connectivity index (χ4v) is 3.19. The fourth-order valence-electron chi connectivity index (χ4n) is 2.79. The zero-order valence-electron chi connectivity index (χ0n) is 10.9. The molecule has 0 bridgehead atoms. The second-order valence-corrected chi connectivity index (χ2v) is 6.77. The van der Waals surface area contributed by atoms with Gasteiger partial charge in [-0.2, -0.15) is 0 Å². The molecule has 0 aromatic carbocycles. The van der Waals surface area contributed by atoms with Gasteiger partial charge in [-0.15, -0.1) is 0 Å². The Morgan fingerprint density at radius 1 is 1.22 bits per heavy atom. The highest BCUT2D eigenvalue weighted by Gasteiger charge is 2.29. The molecule has 3 rings (SSSR count). The molecule has 0 unspecified atom stereocenters. The van der Waals surface area contributed by atoms with Gasteiger partial charge in [0.1, 0.15) is 16.2 Å². The second-order valence-electron chi connectivity index (χ2n) is 5.95. The Bertz CT molecular complexity index is 437. The summed E-state index contributed by atoms with van der Waals surface area (Å²) in [6.45, 7) is 2.32. The van der Waals surface area contributed by atoms with Crippen LogP contribution in [0.3, 0.4) is 0 Å². The van der Waals surface area contributed by atoms with E-state index >= 15 is 0 Å². The molecule has 4 heteroatoms. The third kappa shape index (κ3) is 2.85. The van der Waals surface area contributed by atoms with Crippen molar-refractivity contribution in [1.29, 1.82) is 0 Å². The molecule has 0 aliphatic heterocycles. The van der Waals surface area contributed by atoms with E-state index in [0.717, 1.165) is 16.2 Å². The number of hydrogen-bond donors (Lipinski definition) is 1. The van der Waals surface area contributed by atoms with E-state index in [1.165, 1.54) is 44.9 Å². The van der Waals surface area contributed by atoms with Crippen LogP contribution in [0.1, 0.15) is 63.6 Å². The molecule has 1 aromatic rings. The molecule has 0 amide bonds. The van der Waals surface area contributed by atoms with Gasteiger partial charge in [0.05, 0.1) is 0 Å². The van der Waals surface area contributed by atoms with Crippen molar-refractivity contribution in [3.05, 3.63) is 16.5 Å². The summed E-state index contributed by atoms with van der Waals surface area (Å²) in [5.74, 6) is 2.59. The van der Waals surface area contributed by atoms with E-state index in [4.69, 9.17) is 0 Å². The van der Waals surface area contributed by atoms with Gasteiger partial charge in [-0.3, -0.25) is 0 Å². The number of aromatic nitrogens is 2. The zero-order valence-corrected chi connectivity index (χ0v) is 12.5. The Morgan fingerprint density at radius 3 is 2.61 bits per heavy atom. The highest BCUT2D eigenvalue weighted by molar-refractivity contribution is 9.10. The molecule has 1 N–H and O–H groups in total. The van der Waals surface area contributed by atoms with E-state index in [-0.39, 0.29) is 5.54 Å². The van der Waals surface area contributed by atoms with E-state index in [1.54, 1.807) is 0 Å². The zero-order chi connectivity index (χ0) is 12.6. The second kappa shape index (κ2) is 4.80. The van der Waals surface area contributed by atoms with Gasteiger partial charge in [0.25, 0.3) is 0 Å². The van der Waals surface area contributed by atoms with Crippen LogP contribution in [0.25, 0.3) is 0 Å². The standard InChI is InChI=1S/C14H20BrN3/c1-14(7-3-2-4-8-14)18-12-9-11(15)16-13(17-12)10-5-6-10/h9-10H,2-8H2,1H3,(H,16,17,18). The molecular formula is C14H20BrN3. The number of nitrogens with one attached hydrogen (secondary N) is 1. The quantitative estimate of drug-likeness (QED) is 0.848. The van der Waals surface area contributed by atoms with Gasteiger partial charge in [-0.1, -0.05) is 19.3 Å². The van der Waals surface area contributed by atoms with Crippen LogP contribution in [0.5, 0.6) is 0 Å². The fraction of sp³-hybridized carbons (Fsp3) is 0.714. The monoisotopic (exact) mass is 309 g/mol. The summed E-state index contributed by atoms with van der Waals surface area (Å²) < 4.78 is 0.904. The minimum Gasteiger partial charge on any atom is -0.365 e. The molecule has 0 saturated heterocycles. The number of rotatable bonds is 3. The topological polar surface area (TPSA) is 37.8 Å². The van der Waals surface area contributed by atoms with E-state index in [0.29, 0.717) is 5.92 Å². The molecule has 2 aliphatic carbocycles. The molecular weight excluding hydrogens is 290 g/mol. The largest absolute Gasteiger partial charge is 0.365 e. The normalized spacial score (nSPS) is 22.8. The third-order valence-electron chi connectivity index (χ3n) is 4.04. The number of nitrogens with zero attached hydrogens (tertiary/aromatic N) is 2. The molecule has 2 fully saturated rings. The molecule has 0 atom stereocenters. The molecule has 0 radical (unpaired) electrons. The summed E-state index contributed by atoms with van der Waals surface area (Å²) in [5, 5.41) is 3.64. The molecule has 18 heavy (non-hydrogen) atoms. The molecule has 1 heterocycles. The van der Waals surface area contributed by atoms with Gasteiger partial charge in [0.2, 0.25) is 0 Å². The first-order valence-electron chi connectivity index (χ1n) is 6.97. The van der Waals surface area contributed by atoms with Crippen molar-refractivity contribution in [1.82, 2.24) is 9.97 Å². The molecule has 0 spiro atoms. The highest BCUT2D eigenvalue weighted by Crippen LogP contribution is 2.39. The van der Waals surface area contributed by atoms with E-state index < -0.39 is 0 Å². The summed E-state index contributed by atoms with van der Waals surface area (Å²) in [7, 11) is 0. The summed E-state index contributed by atoms with van der Waals surface area (Å²) in [6.07, 6.45) is 9.00. The van der Waals surface area contributed by atoms with Crippen molar-refractivity contribution < 1.29 is 0 Å². The number of hydrogen-bond acceptors (Lipinski definition) is 3. The third-order valence-corrected chi connectivity index (χ3v) is 4.45. The summed E-state index contributed by atoms with van der Waals surface area (Å²) in [5.41, 5.74) is 0.215. The van der Waals surface area contributed by atoms with Crippen LogP contribution in [0, 0.1) is 0 Å². The highest BCUT2D eigenvalue weighted by atomic mass is 79.9. The first-order valence-corrected chi connectivity index (χ1v) is 7.77. The van der Waals surface area contributed by atoms with Gasteiger partial charge >= 0.3 is 0 Å². The van der Waals surface area contributed by atoms with Crippen molar-refractivity contribution in [3.63, 3.8) is 0 Å². The van der Waals surface area contributed by atoms with Crippen LogP contribution < -0.4 is 5.32 Å². The number of anilines is 1. The minimum absolute atomic E-state index is 0.215. The lowest BCUT2D eigenvalue weighted by molar-refractivity contribution is 0.348. The maximum Gasteiger partial charge on any atom is 0.135 e. The Morgan fingerprint density at radius 2 is 1.94 bits per heavy atom. The Labute approximate surface area is 117 Å². The first-order chi connectivity index (χ1) is 8.65. The van der Waals surface area contributed by atoms with Gasteiger partial charge in [-0.25, -0.2) is 9.97 Å². The Hall–Kier alpha value is -0.640. The molecule has 1 aromatic heterocycles. The molecule has 3 nitrogen and oxygen atoms in total. The molecule has 2 saturated carbocycles. The Balaban J connectivity index is 1.78. The summed E-state index contributed by atoms with van der Waals surface area (Å²) in [4.78, 5) is 9.16. The lowest BCUT2D eigenvalue weighted by Crippen LogP contribution is -2.37. The van der Waals surface area contributed by atoms with Crippen LogP contribution in [0.4, 0.5) is 5.82 Å². The Kier molecular flexibility index (Phi) is 3.31. The first kappa shape index (κ1) is 12.4. The lowest BCUT2D eigenvalue weighted by Gasteiger charge is -2.35. The maximum absolute atomic E-state index is 4.68. The van der Waals surface area contributed by atoms with E-state index in [2.05, 4.69) is 38.1 Å². The molecule has 2 aliphatic rings. The lowest BCUT2D eigenvalue weighted by atomic mass is 9.83. The van der Waals surface area contributed by atoms with Crippen molar-refractivity contribution in [2.24, 2.45) is 0 Å². The van der Waals surface area contributed by atoms with E-state index in [9.17, 15) is 0 Å². The summed E-state index contributed by atoms with van der Waals surface area (Å²) >= 11 is 3.50. The average Bonchev–Trinajstić information content (AvgIpc) is 3.12. The summed E-state index contributed by atoms with van der Waals surface area (Å²) in [6, 6.07) is 2.01.